The van der Waals surface area contributed by atoms with E-state index in [1.54, 1.807) is 0 Å². The minimum Gasteiger partial charge on any atom is -0.353 e. The van der Waals surface area contributed by atoms with Crippen molar-refractivity contribution < 1.29 is 9.00 Å². The van der Waals surface area contributed by atoms with Gasteiger partial charge in [0, 0.05) is 28.3 Å². The van der Waals surface area contributed by atoms with Crippen LogP contribution in [0.25, 0.3) is 0 Å². The number of carbonyl (C=O) groups excluding carboxylic acids is 1. The zero-order valence-electron chi connectivity index (χ0n) is 13.8. The van der Waals surface area contributed by atoms with Gasteiger partial charge in [-0.3, -0.25) is 9.00 Å². The van der Waals surface area contributed by atoms with Gasteiger partial charge in [0.1, 0.15) is 0 Å². The Balaban J connectivity index is 1.91. The highest BCUT2D eigenvalue weighted by Crippen LogP contribution is 2.19. The van der Waals surface area contributed by atoms with Crippen LogP contribution in [0.15, 0.2) is 24.3 Å². The van der Waals surface area contributed by atoms with Crippen LogP contribution in [0, 0.1) is 5.92 Å². The fourth-order valence-electron chi connectivity index (χ4n) is 2.83. The van der Waals surface area contributed by atoms with Crippen LogP contribution in [-0.2, 0) is 22.0 Å². The smallest absolute Gasteiger partial charge is 0.227 e. The molecule has 1 aliphatic rings. The fourth-order valence-corrected chi connectivity index (χ4v) is 4.13. The third-order valence-electron chi connectivity index (χ3n) is 4.25. The molecule has 0 radical (unpaired) electrons. The van der Waals surface area contributed by atoms with E-state index in [1.165, 1.54) is 5.56 Å². The van der Waals surface area contributed by atoms with Crippen molar-refractivity contribution in [3.8, 4) is 0 Å². The van der Waals surface area contributed by atoms with Crippen LogP contribution in [-0.4, -0.2) is 27.7 Å². The summed E-state index contributed by atoms with van der Waals surface area (Å²) in [4.78, 5) is 12.4. The molecule has 1 heterocycles. The molecule has 122 valence electrons. The van der Waals surface area contributed by atoms with Gasteiger partial charge in [0.05, 0.1) is 5.92 Å². The minimum atomic E-state index is -0.681. The lowest BCUT2D eigenvalue weighted by atomic mass is 9.96. The predicted octanol–water partition coefficient (Wildman–Crippen LogP) is 3.02. The van der Waals surface area contributed by atoms with Gasteiger partial charge in [0.15, 0.2) is 0 Å². The molecule has 0 aromatic heterocycles. The van der Waals surface area contributed by atoms with Crippen LogP contribution in [0.5, 0.6) is 0 Å². The van der Waals surface area contributed by atoms with Crippen molar-refractivity contribution in [3.63, 3.8) is 0 Å². The molecule has 1 fully saturated rings. The highest BCUT2D eigenvalue weighted by Gasteiger charge is 2.22. The van der Waals surface area contributed by atoms with E-state index in [4.69, 9.17) is 0 Å². The summed E-state index contributed by atoms with van der Waals surface area (Å²) in [5, 5.41) is 3.11. The second-order valence-electron chi connectivity index (χ2n) is 6.69. The average molecular weight is 321 g/mol. The lowest BCUT2D eigenvalue weighted by Gasteiger charge is -2.24. The van der Waals surface area contributed by atoms with Gasteiger partial charge in [-0.25, -0.2) is 0 Å². The molecule has 0 aliphatic carbocycles. The first-order chi connectivity index (χ1) is 10.5. The van der Waals surface area contributed by atoms with Gasteiger partial charge in [-0.2, -0.15) is 0 Å². The summed E-state index contributed by atoms with van der Waals surface area (Å²) >= 11 is 0. The van der Waals surface area contributed by atoms with E-state index in [0.717, 1.165) is 24.8 Å². The quantitative estimate of drug-likeness (QED) is 0.906. The van der Waals surface area contributed by atoms with Gasteiger partial charge < -0.3 is 5.32 Å². The standard InChI is InChI=1S/C18H27NO2S/c1-13(2)12-15-4-6-16(7-5-15)14(3)18(20)19-17-8-10-22(21)11-9-17/h4-7,13-14,17H,8-12H2,1-3H3,(H,19,20)/t14-,17?,22?/m0/s1. The number of nitrogens with one attached hydrogen (secondary N) is 1. The lowest BCUT2D eigenvalue weighted by molar-refractivity contribution is -0.123. The molecular weight excluding hydrogens is 294 g/mol. The molecule has 1 N–H and O–H groups in total. The summed E-state index contributed by atoms with van der Waals surface area (Å²) in [6, 6.07) is 8.58. The van der Waals surface area contributed by atoms with E-state index in [0.29, 0.717) is 17.4 Å². The zero-order chi connectivity index (χ0) is 16.1. The fraction of sp³-hybridized carbons (Fsp3) is 0.611. The number of rotatable bonds is 5. The van der Waals surface area contributed by atoms with Crippen molar-refractivity contribution >= 4 is 16.7 Å². The van der Waals surface area contributed by atoms with Gasteiger partial charge in [0.25, 0.3) is 0 Å². The molecule has 4 heteroatoms. The van der Waals surface area contributed by atoms with Gasteiger partial charge >= 0.3 is 0 Å². The summed E-state index contributed by atoms with van der Waals surface area (Å²) in [7, 11) is -0.681. The Bertz CT molecular complexity index is 514. The second kappa shape index (κ2) is 7.91. The van der Waals surface area contributed by atoms with E-state index in [2.05, 4.69) is 43.4 Å². The first-order valence-electron chi connectivity index (χ1n) is 8.20. The van der Waals surface area contributed by atoms with Crippen molar-refractivity contribution in [2.75, 3.05) is 11.5 Å². The predicted molar refractivity (Wildman–Crippen MR) is 92.4 cm³/mol. The van der Waals surface area contributed by atoms with Gasteiger partial charge in [-0.15, -0.1) is 0 Å². The Kier molecular flexibility index (Phi) is 6.18. The first-order valence-corrected chi connectivity index (χ1v) is 9.68. The monoisotopic (exact) mass is 321 g/mol. The van der Waals surface area contributed by atoms with Crippen LogP contribution < -0.4 is 5.32 Å². The van der Waals surface area contributed by atoms with Gasteiger partial charge in [0.2, 0.25) is 5.91 Å². The molecule has 1 atom stereocenters. The van der Waals surface area contributed by atoms with Crippen molar-refractivity contribution in [2.24, 2.45) is 5.92 Å². The summed E-state index contributed by atoms with van der Waals surface area (Å²) < 4.78 is 11.4. The van der Waals surface area contributed by atoms with Crippen LogP contribution in [0.4, 0.5) is 0 Å². The topological polar surface area (TPSA) is 46.2 Å². The number of hydrogen-bond acceptors (Lipinski definition) is 2. The van der Waals surface area contributed by atoms with Crippen molar-refractivity contribution in [1.29, 1.82) is 0 Å². The van der Waals surface area contributed by atoms with Gasteiger partial charge in [-0.05, 0) is 43.2 Å². The molecule has 0 unspecified atom stereocenters. The van der Waals surface area contributed by atoms with Crippen molar-refractivity contribution in [1.82, 2.24) is 5.32 Å². The Morgan fingerprint density at radius 3 is 2.32 bits per heavy atom. The SMILES string of the molecule is CC(C)Cc1ccc([C@H](C)C(=O)NC2CCS(=O)CC2)cc1. The summed E-state index contributed by atoms with van der Waals surface area (Å²) in [6.07, 6.45) is 2.73. The van der Waals surface area contributed by atoms with E-state index in [-0.39, 0.29) is 17.9 Å². The maximum atomic E-state index is 12.4. The molecule has 1 aromatic rings. The molecule has 2 rings (SSSR count). The highest BCUT2D eigenvalue weighted by molar-refractivity contribution is 7.85. The van der Waals surface area contributed by atoms with E-state index in [1.807, 2.05) is 6.92 Å². The maximum Gasteiger partial charge on any atom is 0.227 e. The van der Waals surface area contributed by atoms with E-state index >= 15 is 0 Å². The number of carbonyl (C=O) groups is 1. The van der Waals surface area contributed by atoms with E-state index in [9.17, 15) is 9.00 Å². The van der Waals surface area contributed by atoms with Crippen molar-refractivity contribution in [2.45, 2.75) is 52.0 Å². The zero-order valence-corrected chi connectivity index (χ0v) is 14.6. The Morgan fingerprint density at radius 2 is 1.77 bits per heavy atom. The molecule has 1 aromatic carbocycles. The lowest BCUT2D eigenvalue weighted by Crippen LogP contribution is -2.41. The number of hydrogen-bond donors (Lipinski definition) is 1. The molecule has 1 saturated heterocycles. The maximum absolute atomic E-state index is 12.4. The third-order valence-corrected chi connectivity index (χ3v) is 5.63. The molecule has 0 bridgehead atoms. The Hall–Kier alpha value is -1.16. The molecular formula is C18H27NO2S. The van der Waals surface area contributed by atoms with Gasteiger partial charge in [-0.1, -0.05) is 38.1 Å². The number of benzene rings is 1. The highest BCUT2D eigenvalue weighted by atomic mass is 32.2. The molecule has 1 aliphatic heterocycles. The molecule has 1 amide bonds. The van der Waals surface area contributed by atoms with Crippen LogP contribution >= 0.6 is 0 Å². The molecule has 22 heavy (non-hydrogen) atoms. The largest absolute Gasteiger partial charge is 0.353 e. The summed E-state index contributed by atoms with van der Waals surface area (Å²) in [5.74, 6) is 2.00. The first kappa shape index (κ1) is 17.2. The van der Waals surface area contributed by atoms with Crippen LogP contribution in [0.1, 0.15) is 50.7 Å². The summed E-state index contributed by atoms with van der Waals surface area (Å²) in [6.45, 7) is 6.37. The average Bonchev–Trinajstić information content (AvgIpc) is 2.49. The van der Waals surface area contributed by atoms with E-state index < -0.39 is 10.8 Å². The Morgan fingerprint density at radius 1 is 1.18 bits per heavy atom. The molecule has 3 nitrogen and oxygen atoms in total. The normalized spacial score (nSPS) is 23.3. The second-order valence-corrected chi connectivity index (χ2v) is 8.39. The molecule has 0 saturated carbocycles. The Labute approximate surface area is 136 Å². The summed E-state index contributed by atoms with van der Waals surface area (Å²) in [5.41, 5.74) is 2.38. The van der Waals surface area contributed by atoms with Crippen LogP contribution in [0.2, 0.25) is 0 Å². The number of amides is 1. The minimum absolute atomic E-state index is 0.0780. The van der Waals surface area contributed by atoms with Crippen LogP contribution in [0.3, 0.4) is 0 Å². The van der Waals surface area contributed by atoms with Crippen molar-refractivity contribution in [3.05, 3.63) is 35.4 Å². The third kappa shape index (κ3) is 4.94. The molecule has 0 spiro atoms.